The Hall–Kier alpha value is -2.86. The molecule has 0 amide bonds. The third-order valence-electron chi connectivity index (χ3n) is 7.19. The highest BCUT2D eigenvalue weighted by Crippen LogP contribution is 2.51. The van der Waals surface area contributed by atoms with Crippen LogP contribution >= 0.6 is 0 Å². The van der Waals surface area contributed by atoms with Crippen LogP contribution in [-0.4, -0.2) is 53.0 Å². The molecule has 0 aromatic heterocycles. The van der Waals surface area contributed by atoms with Crippen molar-refractivity contribution < 1.29 is 23.7 Å². The molecule has 0 radical (unpaired) electrons. The summed E-state index contributed by atoms with van der Waals surface area (Å²) in [5.74, 6) is 3.47. The summed E-state index contributed by atoms with van der Waals surface area (Å²) in [4.78, 5) is 2.63. The smallest absolute Gasteiger partial charge is 0.203 e. The zero-order valence-electron chi connectivity index (χ0n) is 19.5. The molecular weight excluding hydrogens is 406 g/mol. The van der Waals surface area contributed by atoms with E-state index < -0.39 is 0 Å². The SMILES string of the molecule is COc1cc2c3c(c4c(OC)c(OC)c(OC)cc4c2cc1OC)CN1CCCCC1C3. The molecule has 6 nitrogen and oxygen atoms in total. The molecule has 0 bridgehead atoms. The van der Waals surface area contributed by atoms with Crippen LogP contribution in [0.3, 0.4) is 0 Å². The van der Waals surface area contributed by atoms with Gasteiger partial charge in [-0.1, -0.05) is 6.42 Å². The lowest BCUT2D eigenvalue weighted by Crippen LogP contribution is -2.43. The van der Waals surface area contributed by atoms with E-state index in [1.54, 1.807) is 35.5 Å². The van der Waals surface area contributed by atoms with Crippen LogP contribution in [0.15, 0.2) is 18.2 Å². The van der Waals surface area contributed by atoms with Crippen molar-refractivity contribution in [1.82, 2.24) is 4.90 Å². The molecule has 1 atom stereocenters. The van der Waals surface area contributed by atoms with E-state index in [1.165, 1.54) is 35.8 Å². The predicted octanol–water partition coefficient (Wildman–Crippen LogP) is 4.95. The van der Waals surface area contributed by atoms with Crippen molar-refractivity contribution in [3.63, 3.8) is 0 Å². The van der Waals surface area contributed by atoms with E-state index in [2.05, 4.69) is 23.1 Å². The van der Waals surface area contributed by atoms with E-state index in [-0.39, 0.29) is 0 Å². The Balaban J connectivity index is 1.94. The number of methoxy groups -OCH3 is 5. The normalized spacial score (nSPS) is 18.2. The number of piperidine rings is 1. The molecule has 5 rings (SSSR count). The Morgan fingerprint density at radius 1 is 0.688 bits per heavy atom. The topological polar surface area (TPSA) is 49.4 Å². The molecule has 2 heterocycles. The Bertz CT molecular complexity index is 1190. The zero-order chi connectivity index (χ0) is 22.4. The summed E-state index contributed by atoms with van der Waals surface area (Å²) < 4.78 is 28.7. The Labute approximate surface area is 188 Å². The standard InChI is InChI=1S/C26H31NO5/c1-28-21-11-17-16-10-15-8-6-7-9-27(15)14-20(16)24-19(18(17)12-22(21)29-2)13-23(30-3)25(31-4)26(24)32-5/h11-13,15H,6-10,14H2,1-5H3. The molecule has 3 aromatic carbocycles. The zero-order valence-corrected chi connectivity index (χ0v) is 19.5. The molecule has 32 heavy (non-hydrogen) atoms. The van der Waals surface area contributed by atoms with Crippen molar-refractivity contribution >= 4 is 21.5 Å². The van der Waals surface area contributed by atoms with E-state index >= 15 is 0 Å². The van der Waals surface area contributed by atoms with Crippen LogP contribution in [-0.2, 0) is 13.0 Å². The van der Waals surface area contributed by atoms with E-state index in [0.717, 1.165) is 47.2 Å². The lowest BCUT2D eigenvalue weighted by atomic mass is 9.82. The van der Waals surface area contributed by atoms with Gasteiger partial charge in [-0.2, -0.15) is 0 Å². The molecule has 0 aliphatic carbocycles. The van der Waals surface area contributed by atoms with Crippen LogP contribution in [0.2, 0.25) is 0 Å². The Kier molecular flexibility index (Phi) is 5.41. The molecule has 3 aromatic rings. The summed E-state index contributed by atoms with van der Waals surface area (Å²) >= 11 is 0. The Morgan fingerprint density at radius 2 is 1.34 bits per heavy atom. The highest BCUT2D eigenvalue weighted by atomic mass is 16.5. The van der Waals surface area contributed by atoms with Crippen LogP contribution in [0, 0.1) is 0 Å². The molecule has 0 N–H and O–H groups in total. The minimum absolute atomic E-state index is 0.580. The lowest BCUT2D eigenvalue weighted by molar-refractivity contribution is 0.128. The van der Waals surface area contributed by atoms with Gasteiger partial charge in [0, 0.05) is 18.0 Å². The largest absolute Gasteiger partial charge is 0.493 e. The molecule has 1 unspecified atom stereocenters. The van der Waals surface area contributed by atoms with Gasteiger partial charge in [-0.25, -0.2) is 0 Å². The monoisotopic (exact) mass is 437 g/mol. The van der Waals surface area contributed by atoms with Gasteiger partial charge in [0.15, 0.2) is 23.0 Å². The second-order valence-corrected chi connectivity index (χ2v) is 8.60. The molecule has 2 aliphatic rings. The quantitative estimate of drug-likeness (QED) is 0.527. The average Bonchev–Trinajstić information content (AvgIpc) is 2.85. The fraction of sp³-hybridized carbons (Fsp3) is 0.462. The summed E-state index contributed by atoms with van der Waals surface area (Å²) in [6, 6.07) is 6.85. The third-order valence-corrected chi connectivity index (χ3v) is 7.19. The van der Waals surface area contributed by atoms with E-state index in [1.807, 2.05) is 0 Å². The van der Waals surface area contributed by atoms with Crippen molar-refractivity contribution in [2.75, 3.05) is 42.1 Å². The average molecular weight is 438 g/mol. The molecule has 1 saturated heterocycles. The van der Waals surface area contributed by atoms with Gasteiger partial charge >= 0.3 is 0 Å². The van der Waals surface area contributed by atoms with Crippen molar-refractivity contribution in [2.24, 2.45) is 0 Å². The van der Waals surface area contributed by atoms with Gasteiger partial charge in [-0.05, 0) is 71.3 Å². The fourth-order valence-electron chi connectivity index (χ4n) is 5.68. The highest BCUT2D eigenvalue weighted by Gasteiger charge is 2.33. The number of hydrogen-bond donors (Lipinski definition) is 0. The van der Waals surface area contributed by atoms with Crippen LogP contribution in [0.5, 0.6) is 28.7 Å². The van der Waals surface area contributed by atoms with Gasteiger partial charge in [0.05, 0.1) is 35.5 Å². The van der Waals surface area contributed by atoms with Gasteiger partial charge in [-0.15, -0.1) is 0 Å². The molecule has 6 heteroatoms. The van der Waals surface area contributed by atoms with Crippen LogP contribution < -0.4 is 23.7 Å². The molecule has 2 aliphatic heterocycles. The van der Waals surface area contributed by atoms with Crippen molar-refractivity contribution in [3.8, 4) is 28.7 Å². The maximum atomic E-state index is 5.97. The number of hydrogen-bond acceptors (Lipinski definition) is 6. The van der Waals surface area contributed by atoms with Crippen molar-refractivity contribution in [3.05, 3.63) is 29.3 Å². The third kappa shape index (κ3) is 3.04. The molecular formula is C26H31NO5. The number of benzene rings is 3. The van der Waals surface area contributed by atoms with Crippen LogP contribution in [0.25, 0.3) is 21.5 Å². The maximum absolute atomic E-state index is 5.97. The maximum Gasteiger partial charge on any atom is 0.203 e. The molecule has 1 fully saturated rings. The number of fused-ring (bicyclic) bond motifs is 7. The minimum atomic E-state index is 0.580. The summed E-state index contributed by atoms with van der Waals surface area (Å²) in [6.45, 7) is 2.05. The van der Waals surface area contributed by atoms with Crippen molar-refractivity contribution in [2.45, 2.75) is 38.3 Å². The lowest BCUT2D eigenvalue weighted by Gasteiger charge is -2.41. The first kappa shape index (κ1) is 21.0. The fourth-order valence-corrected chi connectivity index (χ4v) is 5.68. The summed E-state index contributed by atoms with van der Waals surface area (Å²) in [5, 5.41) is 4.50. The van der Waals surface area contributed by atoms with Gasteiger partial charge < -0.3 is 23.7 Å². The molecule has 170 valence electrons. The van der Waals surface area contributed by atoms with Crippen LogP contribution in [0.1, 0.15) is 30.4 Å². The highest BCUT2D eigenvalue weighted by molar-refractivity contribution is 6.15. The van der Waals surface area contributed by atoms with Crippen molar-refractivity contribution in [1.29, 1.82) is 0 Å². The first-order valence-electron chi connectivity index (χ1n) is 11.2. The molecule has 0 spiro atoms. The van der Waals surface area contributed by atoms with Gasteiger partial charge in [0.25, 0.3) is 0 Å². The van der Waals surface area contributed by atoms with Gasteiger partial charge in [0.1, 0.15) is 0 Å². The number of ether oxygens (including phenoxy) is 5. The summed E-state index contributed by atoms with van der Waals surface area (Å²) in [7, 11) is 8.39. The minimum Gasteiger partial charge on any atom is -0.493 e. The summed E-state index contributed by atoms with van der Waals surface area (Å²) in [6.07, 6.45) is 4.83. The summed E-state index contributed by atoms with van der Waals surface area (Å²) in [5.41, 5.74) is 2.69. The second kappa shape index (κ2) is 8.24. The van der Waals surface area contributed by atoms with Gasteiger partial charge in [0.2, 0.25) is 5.75 Å². The van der Waals surface area contributed by atoms with Crippen LogP contribution in [0.4, 0.5) is 0 Å². The van der Waals surface area contributed by atoms with E-state index in [0.29, 0.717) is 23.3 Å². The van der Waals surface area contributed by atoms with Gasteiger partial charge in [-0.3, -0.25) is 4.90 Å². The van der Waals surface area contributed by atoms with E-state index in [4.69, 9.17) is 23.7 Å². The second-order valence-electron chi connectivity index (χ2n) is 8.60. The first-order valence-corrected chi connectivity index (χ1v) is 11.2. The number of nitrogens with zero attached hydrogens (tertiary/aromatic N) is 1. The molecule has 0 saturated carbocycles. The predicted molar refractivity (Wildman–Crippen MR) is 126 cm³/mol. The first-order chi connectivity index (χ1) is 15.6. The Morgan fingerprint density at radius 3 is 2.00 bits per heavy atom. The number of rotatable bonds is 5. The van der Waals surface area contributed by atoms with E-state index in [9.17, 15) is 0 Å².